The molecule has 0 heterocycles. The highest BCUT2D eigenvalue weighted by molar-refractivity contribution is 5.37. The maximum Gasteiger partial charge on any atom is 0.305 e. The molecule has 1 aromatic carbocycles. The van der Waals surface area contributed by atoms with E-state index in [-0.39, 0.29) is 13.0 Å². The monoisotopic (exact) mass is 214 g/mol. The van der Waals surface area contributed by atoms with E-state index in [1.807, 2.05) is 0 Å². The van der Waals surface area contributed by atoms with Gasteiger partial charge in [-0.05, 0) is 24.6 Å². The van der Waals surface area contributed by atoms with Crippen LogP contribution in [-0.4, -0.2) is 16.6 Å². The van der Waals surface area contributed by atoms with Crippen LogP contribution in [-0.2, 0) is 0 Å². The lowest BCUT2D eigenvalue weighted by atomic mass is 10.1. The SMILES string of the molecule is NCC[C@@H](O)c1ccc(F)c([N+](=O)[O-])c1. The molecule has 0 aliphatic rings. The third kappa shape index (κ3) is 2.71. The van der Waals surface area contributed by atoms with Crippen molar-refractivity contribution in [1.29, 1.82) is 0 Å². The van der Waals surface area contributed by atoms with Crippen molar-refractivity contribution in [2.24, 2.45) is 5.73 Å². The molecule has 3 N–H and O–H groups in total. The second kappa shape index (κ2) is 4.81. The molecular formula is C9H11FN2O3. The summed E-state index contributed by atoms with van der Waals surface area (Å²) < 4.78 is 12.9. The summed E-state index contributed by atoms with van der Waals surface area (Å²) in [6, 6.07) is 3.30. The van der Waals surface area contributed by atoms with Crippen LogP contribution in [0.15, 0.2) is 18.2 Å². The number of benzene rings is 1. The Kier molecular flexibility index (Phi) is 3.70. The molecule has 82 valence electrons. The number of hydrogen-bond donors (Lipinski definition) is 2. The third-order valence-electron chi connectivity index (χ3n) is 1.99. The van der Waals surface area contributed by atoms with Gasteiger partial charge in [0.15, 0.2) is 0 Å². The van der Waals surface area contributed by atoms with Crippen molar-refractivity contribution < 1.29 is 14.4 Å². The zero-order valence-corrected chi connectivity index (χ0v) is 7.89. The average Bonchev–Trinajstić information content (AvgIpc) is 2.18. The summed E-state index contributed by atoms with van der Waals surface area (Å²) in [5.74, 6) is -0.913. The van der Waals surface area contributed by atoms with Crippen LogP contribution >= 0.6 is 0 Å². The Balaban J connectivity index is 3.02. The topological polar surface area (TPSA) is 89.4 Å². The second-order valence-electron chi connectivity index (χ2n) is 3.06. The number of rotatable bonds is 4. The summed E-state index contributed by atoms with van der Waals surface area (Å²) in [4.78, 5) is 9.59. The standard InChI is InChI=1S/C9H11FN2O3/c10-7-2-1-6(9(13)3-4-11)5-8(7)12(14)15/h1-2,5,9,13H,3-4,11H2/t9-/m1/s1. The fourth-order valence-corrected chi connectivity index (χ4v) is 1.20. The van der Waals surface area contributed by atoms with Crippen molar-refractivity contribution in [3.05, 3.63) is 39.7 Å². The highest BCUT2D eigenvalue weighted by atomic mass is 19.1. The number of halogens is 1. The summed E-state index contributed by atoms with van der Waals surface area (Å²) in [7, 11) is 0. The van der Waals surface area contributed by atoms with Gasteiger partial charge >= 0.3 is 5.69 Å². The largest absolute Gasteiger partial charge is 0.388 e. The molecule has 0 aliphatic heterocycles. The predicted molar refractivity (Wildman–Crippen MR) is 51.7 cm³/mol. The molecule has 0 amide bonds. The Labute approximate surface area is 85.5 Å². The fourth-order valence-electron chi connectivity index (χ4n) is 1.20. The van der Waals surface area contributed by atoms with Crippen LogP contribution in [0.25, 0.3) is 0 Å². The van der Waals surface area contributed by atoms with Crippen LogP contribution < -0.4 is 5.73 Å². The van der Waals surface area contributed by atoms with Crippen LogP contribution in [0.5, 0.6) is 0 Å². The summed E-state index contributed by atoms with van der Waals surface area (Å²) in [5, 5.41) is 19.9. The number of aliphatic hydroxyl groups excluding tert-OH is 1. The van der Waals surface area contributed by atoms with Crippen LogP contribution in [0.3, 0.4) is 0 Å². The number of hydrogen-bond acceptors (Lipinski definition) is 4. The van der Waals surface area contributed by atoms with Crippen LogP contribution in [0.1, 0.15) is 18.1 Å². The smallest absolute Gasteiger partial charge is 0.305 e. The fraction of sp³-hybridized carbons (Fsp3) is 0.333. The van der Waals surface area contributed by atoms with Crippen molar-refractivity contribution in [3.63, 3.8) is 0 Å². The van der Waals surface area contributed by atoms with Crippen LogP contribution in [0.4, 0.5) is 10.1 Å². The molecule has 0 fully saturated rings. The molecule has 0 unspecified atom stereocenters. The van der Waals surface area contributed by atoms with Gasteiger partial charge in [0.2, 0.25) is 5.82 Å². The molecule has 0 aliphatic carbocycles. The summed E-state index contributed by atoms with van der Waals surface area (Å²) in [6.07, 6.45) is -0.614. The van der Waals surface area contributed by atoms with Crippen LogP contribution in [0.2, 0.25) is 0 Å². The normalized spacial score (nSPS) is 12.5. The lowest BCUT2D eigenvalue weighted by molar-refractivity contribution is -0.387. The number of nitrogens with zero attached hydrogens (tertiary/aromatic N) is 1. The molecule has 0 radical (unpaired) electrons. The molecule has 1 aromatic rings. The maximum absolute atomic E-state index is 12.9. The third-order valence-corrected chi connectivity index (χ3v) is 1.99. The molecule has 1 rings (SSSR count). The van der Waals surface area contributed by atoms with E-state index < -0.39 is 22.5 Å². The first kappa shape index (κ1) is 11.5. The van der Waals surface area contributed by atoms with Gasteiger partial charge in [0.25, 0.3) is 0 Å². The molecule has 0 saturated carbocycles. The van der Waals surface area contributed by atoms with E-state index in [0.29, 0.717) is 5.56 Å². The number of aliphatic hydroxyl groups is 1. The van der Waals surface area contributed by atoms with Crippen molar-refractivity contribution in [2.45, 2.75) is 12.5 Å². The molecule has 1 atom stereocenters. The molecule has 6 heteroatoms. The minimum atomic E-state index is -0.913. The molecule has 0 spiro atoms. The Morgan fingerprint density at radius 2 is 2.27 bits per heavy atom. The van der Waals surface area contributed by atoms with E-state index in [1.54, 1.807) is 0 Å². The Bertz CT molecular complexity index is 370. The van der Waals surface area contributed by atoms with Gasteiger partial charge in [-0.3, -0.25) is 10.1 Å². The first-order chi connectivity index (χ1) is 7.06. The first-order valence-corrected chi connectivity index (χ1v) is 4.38. The Morgan fingerprint density at radius 3 is 2.80 bits per heavy atom. The number of nitro groups is 1. The Hall–Kier alpha value is -1.53. The van der Waals surface area contributed by atoms with Gasteiger partial charge in [0, 0.05) is 6.07 Å². The first-order valence-electron chi connectivity index (χ1n) is 4.38. The van der Waals surface area contributed by atoms with Gasteiger partial charge in [0.05, 0.1) is 11.0 Å². The van der Waals surface area contributed by atoms with E-state index >= 15 is 0 Å². The van der Waals surface area contributed by atoms with Gasteiger partial charge in [-0.1, -0.05) is 6.07 Å². The molecule has 0 saturated heterocycles. The summed E-state index contributed by atoms with van der Waals surface area (Å²) >= 11 is 0. The predicted octanol–water partition coefficient (Wildman–Crippen LogP) is 1.12. The number of nitrogens with two attached hydrogens (primary N) is 1. The van der Waals surface area contributed by atoms with Gasteiger partial charge in [-0.25, -0.2) is 0 Å². The average molecular weight is 214 g/mol. The van der Waals surface area contributed by atoms with Crippen molar-refractivity contribution >= 4 is 5.69 Å². The number of nitro benzene ring substituents is 1. The molecule has 5 nitrogen and oxygen atoms in total. The summed E-state index contributed by atoms with van der Waals surface area (Å²) in [6.45, 7) is 0.256. The lowest BCUT2D eigenvalue weighted by Gasteiger charge is -2.08. The van der Waals surface area contributed by atoms with Crippen LogP contribution in [0, 0.1) is 15.9 Å². The molecular weight excluding hydrogens is 203 g/mol. The quantitative estimate of drug-likeness (QED) is 0.580. The van der Waals surface area contributed by atoms with Gasteiger partial charge < -0.3 is 10.8 Å². The molecule has 15 heavy (non-hydrogen) atoms. The van der Waals surface area contributed by atoms with Gasteiger partial charge in [-0.2, -0.15) is 4.39 Å². The van der Waals surface area contributed by atoms with Gasteiger partial charge in [0.1, 0.15) is 0 Å². The highest BCUT2D eigenvalue weighted by Crippen LogP contribution is 2.23. The lowest BCUT2D eigenvalue weighted by Crippen LogP contribution is -2.07. The van der Waals surface area contributed by atoms with E-state index in [0.717, 1.165) is 12.1 Å². The van der Waals surface area contributed by atoms with Crippen molar-refractivity contribution in [3.8, 4) is 0 Å². The summed E-state index contributed by atoms with van der Waals surface area (Å²) in [5.41, 5.74) is 4.89. The highest BCUT2D eigenvalue weighted by Gasteiger charge is 2.17. The second-order valence-corrected chi connectivity index (χ2v) is 3.06. The van der Waals surface area contributed by atoms with Crippen molar-refractivity contribution in [1.82, 2.24) is 0 Å². The van der Waals surface area contributed by atoms with Gasteiger partial charge in [-0.15, -0.1) is 0 Å². The minimum Gasteiger partial charge on any atom is -0.388 e. The van der Waals surface area contributed by atoms with Crippen molar-refractivity contribution in [2.75, 3.05) is 6.54 Å². The maximum atomic E-state index is 12.9. The Morgan fingerprint density at radius 1 is 1.60 bits per heavy atom. The zero-order valence-electron chi connectivity index (χ0n) is 7.89. The molecule has 0 aromatic heterocycles. The van der Waals surface area contributed by atoms with E-state index in [1.165, 1.54) is 6.07 Å². The van der Waals surface area contributed by atoms with E-state index in [4.69, 9.17) is 5.73 Å². The van der Waals surface area contributed by atoms with E-state index in [9.17, 15) is 19.6 Å². The van der Waals surface area contributed by atoms with E-state index in [2.05, 4.69) is 0 Å². The zero-order chi connectivity index (χ0) is 11.4. The molecule has 0 bridgehead atoms. The minimum absolute atomic E-state index is 0.256.